The van der Waals surface area contributed by atoms with Crippen LogP contribution in [-0.4, -0.2) is 30.0 Å². The van der Waals surface area contributed by atoms with Crippen LogP contribution in [0.3, 0.4) is 0 Å². The lowest BCUT2D eigenvalue weighted by molar-refractivity contribution is 0.245. The quantitative estimate of drug-likeness (QED) is 0.381. The Bertz CT molecular complexity index is 889. The molecule has 0 bridgehead atoms. The van der Waals surface area contributed by atoms with Crippen LogP contribution in [-0.2, 0) is 12.8 Å². The molecule has 6 heteroatoms. The molecule has 2 aromatic heterocycles. The van der Waals surface area contributed by atoms with Gasteiger partial charge in [-0.15, -0.1) is 10.2 Å². The first-order chi connectivity index (χ1) is 18.8. The maximum Gasteiger partial charge on any atom is 0.0830 e. The van der Waals surface area contributed by atoms with Gasteiger partial charge in [-0.25, -0.2) is 9.36 Å². The maximum absolute atomic E-state index is 4.64. The fourth-order valence-corrected chi connectivity index (χ4v) is 7.55. The standard InChI is InChI=1S/C32H54N6/c1-2-4-8-12-16-27(15-11-7-3-1)23-29-25-37(35-33-29)31-19-21-32(22-20-31)38-26-30(34-36-38)24-28-17-13-9-5-6-10-14-18-28/h25-28,31-32H,1-24H2. The molecule has 0 N–H and O–H groups in total. The van der Waals surface area contributed by atoms with Crippen LogP contribution in [0, 0.1) is 11.8 Å². The highest BCUT2D eigenvalue weighted by molar-refractivity contribution is 4.98. The summed E-state index contributed by atoms with van der Waals surface area (Å²) < 4.78 is 4.38. The monoisotopic (exact) mass is 522 g/mol. The zero-order valence-corrected chi connectivity index (χ0v) is 24.1. The summed E-state index contributed by atoms with van der Waals surface area (Å²) in [5, 5.41) is 18.5. The highest BCUT2D eigenvalue weighted by Crippen LogP contribution is 2.35. The predicted octanol–water partition coefficient (Wildman–Crippen LogP) is 8.59. The molecule has 0 radical (unpaired) electrons. The Morgan fingerprint density at radius 3 is 1.11 bits per heavy atom. The van der Waals surface area contributed by atoms with Crippen LogP contribution in [0.2, 0.25) is 0 Å². The number of hydrogen-bond donors (Lipinski definition) is 0. The minimum Gasteiger partial charge on any atom is -0.249 e. The molecule has 0 spiro atoms. The van der Waals surface area contributed by atoms with Gasteiger partial charge in [0.15, 0.2) is 0 Å². The van der Waals surface area contributed by atoms with Crippen molar-refractivity contribution in [2.45, 2.75) is 166 Å². The molecule has 0 atom stereocenters. The molecule has 212 valence electrons. The molecule has 0 aromatic carbocycles. The summed E-state index contributed by atoms with van der Waals surface area (Å²) in [4.78, 5) is 0. The van der Waals surface area contributed by atoms with E-state index >= 15 is 0 Å². The number of rotatable bonds is 6. The Labute approximate surface area is 231 Å². The van der Waals surface area contributed by atoms with Gasteiger partial charge in [-0.05, 0) is 50.4 Å². The molecule has 6 nitrogen and oxygen atoms in total. The Balaban J connectivity index is 1.08. The van der Waals surface area contributed by atoms with Gasteiger partial charge < -0.3 is 0 Å². The van der Waals surface area contributed by atoms with Crippen molar-refractivity contribution in [2.24, 2.45) is 11.8 Å². The first-order valence-electron chi connectivity index (χ1n) is 16.6. The van der Waals surface area contributed by atoms with Gasteiger partial charge in [0.25, 0.3) is 0 Å². The Hall–Kier alpha value is -1.72. The van der Waals surface area contributed by atoms with Gasteiger partial charge in [0.1, 0.15) is 0 Å². The number of nitrogens with zero attached hydrogens (tertiary/aromatic N) is 6. The first-order valence-corrected chi connectivity index (χ1v) is 16.6. The van der Waals surface area contributed by atoms with Crippen molar-refractivity contribution < 1.29 is 0 Å². The fraction of sp³-hybridized carbons (Fsp3) is 0.875. The summed E-state index contributed by atoms with van der Waals surface area (Å²) in [6.45, 7) is 0. The average Bonchev–Trinajstić information content (AvgIpc) is 3.61. The minimum atomic E-state index is 0.488. The van der Waals surface area contributed by atoms with E-state index in [1.807, 2.05) is 0 Å². The van der Waals surface area contributed by atoms with Gasteiger partial charge in [-0.2, -0.15) is 0 Å². The van der Waals surface area contributed by atoms with Crippen molar-refractivity contribution in [3.05, 3.63) is 23.8 Å². The van der Waals surface area contributed by atoms with Crippen molar-refractivity contribution in [2.75, 3.05) is 0 Å². The summed E-state index contributed by atoms with van der Waals surface area (Å²) in [5.41, 5.74) is 2.44. The van der Waals surface area contributed by atoms with Crippen LogP contribution in [0.1, 0.15) is 165 Å². The van der Waals surface area contributed by atoms with Crippen LogP contribution in [0.5, 0.6) is 0 Å². The molecule has 0 aliphatic heterocycles. The van der Waals surface area contributed by atoms with E-state index in [2.05, 4.69) is 42.4 Å². The Morgan fingerprint density at radius 2 is 0.763 bits per heavy atom. The summed E-state index contributed by atoms with van der Waals surface area (Å²) in [7, 11) is 0. The van der Waals surface area contributed by atoms with Gasteiger partial charge in [-0.3, -0.25) is 0 Å². The average molecular weight is 523 g/mol. The van der Waals surface area contributed by atoms with E-state index in [1.165, 1.54) is 127 Å². The lowest BCUT2D eigenvalue weighted by atomic mass is 9.90. The smallest absolute Gasteiger partial charge is 0.0830 e. The van der Waals surface area contributed by atoms with E-state index in [-0.39, 0.29) is 0 Å². The summed E-state index contributed by atoms with van der Waals surface area (Å²) in [6.07, 6.45) is 36.8. The molecule has 3 aliphatic rings. The van der Waals surface area contributed by atoms with Crippen molar-refractivity contribution in [1.29, 1.82) is 0 Å². The van der Waals surface area contributed by atoms with E-state index < -0.39 is 0 Å². The molecule has 2 heterocycles. The molecule has 0 unspecified atom stereocenters. The summed E-state index contributed by atoms with van der Waals surface area (Å²) in [5.74, 6) is 1.60. The third-order valence-electron chi connectivity index (χ3n) is 9.98. The third-order valence-corrected chi connectivity index (χ3v) is 9.98. The van der Waals surface area contributed by atoms with Crippen LogP contribution in [0.4, 0.5) is 0 Å². The summed E-state index contributed by atoms with van der Waals surface area (Å²) >= 11 is 0. The third kappa shape index (κ3) is 8.64. The molecular weight excluding hydrogens is 468 g/mol. The van der Waals surface area contributed by atoms with E-state index in [0.29, 0.717) is 12.1 Å². The number of aromatic nitrogens is 6. The topological polar surface area (TPSA) is 61.4 Å². The Morgan fingerprint density at radius 1 is 0.447 bits per heavy atom. The zero-order chi connectivity index (χ0) is 25.8. The lowest BCUT2D eigenvalue weighted by Gasteiger charge is -2.28. The second-order valence-corrected chi connectivity index (χ2v) is 13.1. The van der Waals surface area contributed by atoms with Crippen molar-refractivity contribution >= 4 is 0 Å². The van der Waals surface area contributed by atoms with Crippen molar-refractivity contribution in [3.63, 3.8) is 0 Å². The van der Waals surface area contributed by atoms with E-state index in [9.17, 15) is 0 Å². The summed E-state index contributed by atoms with van der Waals surface area (Å²) in [6, 6.07) is 0.977. The first kappa shape index (κ1) is 27.8. The molecule has 5 rings (SSSR count). The van der Waals surface area contributed by atoms with Gasteiger partial charge >= 0.3 is 0 Å². The minimum absolute atomic E-state index is 0.488. The molecule has 3 saturated carbocycles. The number of hydrogen-bond acceptors (Lipinski definition) is 4. The van der Waals surface area contributed by atoms with Gasteiger partial charge in [-0.1, -0.05) is 126 Å². The van der Waals surface area contributed by atoms with Crippen LogP contribution < -0.4 is 0 Å². The second-order valence-electron chi connectivity index (χ2n) is 13.1. The molecule has 0 saturated heterocycles. The molecule has 38 heavy (non-hydrogen) atoms. The fourth-order valence-electron chi connectivity index (χ4n) is 7.55. The maximum atomic E-state index is 4.64. The van der Waals surface area contributed by atoms with Crippen molar-refractivity contribution in [1.82, 2.24) is 30.0 Å². The van der Waals surface area contributed by atoms with Crippen LogP contribution >= 0.6 is 0 Å². The SMILES string of the molecule is c1c(CC2CCCCCCCCCC2)nnn1C1CCC(n2cc(CC3CCCCCCCC3)nn2)CC1. The molecule has 2 aromatic rings. The largest absolute Gasteiger partial charge is 0.249 e. The zero-order valence-electron chi connectivity index (χ0n) is 24.1. The van der Waals surface area contributed by atoms with E-state index in [4.69, 9.17) is 0 Å². The molecule has 3 aliphatic carbocycles. The van der Waals surface area contributed by atoms with Gasteiger partial charge in [0.05, 0.1) is 23.5 Å². The van der Waals surface area contributed by atoms with Gasteiger partial charge in [0.2, 0.25) is 0 Å². The van der Waals surface area contributed by atoms with Crippen LogP contribution in [0.25, 0.3) is 0 Å². The molecule has 3 fully saturated rings. The molecule has 0 amide bonds. The second kappa shape index (κ2) is 15.2. The predicted molar refractivity (Wildman–Crippen MR) is 154 cm³/mol. The van der Waals surface area contributed by atoms with E-state index in [0.717, 1.165) is 50.4 Å². The highest BCUT2D eigenvalue weighted by Gasteiger charge is 2.26. The molecular formula is C32H54N6. The van der Waals surface area contributed by atoms with Gasteiger partial charge in [0, 0.05) is 12.4 Å². The Kier molecular flexibility index (Phi) is 11.1. The van der Waals surface area contributed by atoms with Crippen LogP contribution in [0.15, 0.2) is 12.4 Å². The lowest BCUT2D eigenvalue weighted by Crippen LogP contribution is -2.21. The highest BCUT2D eigenvalue weighted by atomic mass is 15.4. The normalized spacial score (nSPS) is 26.2. The van der Waals surface area contributed by atoms with E-state index in [1.54, 1.807) is 0 Å². The van der Waals surface area contributed by atoms with Crippen molar-refractivity contribution in [3.8, 4) is 0 Å².